The average molecular weight is 173 g/mol. The van der Waals surface area contributed by atoms with E-state index in [1.54, 1.807) is 6.20 Å². The summed E-state index contributed by atoms with van der Waals surface area (Å²) in [6.07, 6.45) is 5.62. The van der Waals surface area contributed by atoms with Crippen molar-refractivity contribution in [1.29, 1.82) is 0 Å². The van der Waals surface area contributed by atoms with E-state index in [9.17, 15) is 0 Å². The minimum atomic E-state index is 1.06. The first-order chi connectivity index (χ1) is 6.27. The van der Waals surface area contributed by atoms with Gasteiger partial charge in [-0.15, -0.1) is 0 Å². The number of hydrogen-bond acceptors (Lipinski definition) is 1. The van der Waals surface area contributed by atoms with Crippen LogP contribution in [0.1, 0.15) is 18.1 Å². The molecule has 0 atom stereocenters. The third kappa shape index (κ3) is 2.48. The van der Waals surface area contributed by atoms with Crippen molar-refractivity contribution in [1.82, 2.24) is 0 Å². The highest BCUT2D eigenvalue weighted by Gasteiger charge is 1.94. The van der Waals surface area contributed by atoms with E-state index in [0.29, 0.717) is 0 Å². The Kier molecular flexibility index (Phi) is 3.32. The summed E-state index contributed by atoms with van der Waals surface area (Å²) >= 11 is 0. The topological polar surface area (TPSA) is 26.0 Å². The van der Waals surface area contributed by atoms with Gasteiger partial charge in [-0.2, -0.15) is 0 Å². The zero-order valence-electron chi connectivity index (χ0n) is 8.12. The molecular formula is C12H15N. The molecular weight excluding hydrogens is 158 g/mol. The summed E-state index contributed by atoms with van der Waals surface area (Å²) in [7, 11) is 0. The van der Waals surface area contributed by atoms with Crippen LogP contribution in [-0.2, 0) is 0 Å². The van der Waals surface area contributed by atoms with Crippen molar-refractivity contribution in [3.8, 4) is 0 Å². The van der Waals surface area contributed by atoms with Crippen LogP contribution in [-0.4, -0.2) is 0 Å². The first-order valence-electron chi connectivity index (χ1n) is 4.39. The summed E-state index contributed by atoms with van der Waals surface area (Å²) in [6.45, 7) is 4.06. The van der Waals surface area contributed by atoms with Crippen LogP contribution in [0.15, 0.2) is 42.6 Å². The smallest absolute Gasteiger partial charge is 0.00174 e. The minimum Gasteiger partial charge on any atom is -0.404 e. The summed E-state index contributed by atoms with van der Waals surface area (Å²) in [5.41, 5.74) is 9.00. The van der Waals surface area contributed by atoms with Crippen molar-refractivity contribution in [3.63, 3.8) is 0 Å². The van der Waals surface area contributed by atoms with Gasteiger partial charge in [-0.3, -0.25) is 0 Å². The van der Waals surface area contributed by atoms with Crippen LogP contribution >= 0.6 is 0 Å². The molecule has 0 aromatic heterocycles. The van der Waals surface area contributed by atoms with E-state index in [1.807, 2.05) is 19.1 Å². The van der Waals surface area contributed by atoms with Crippen molar-refractivity contribution >= 4 is 5.57 Å². The Hall–Kier alpha value is -1.50. The van der Waals surface area contributed by atoms with Gasteiger partial charge in [-0.05, 0) is 25.0 Å². The highest BCUT2D eigenvalue weighted by molar-refractivity contribution is 5.73. The Bertz CT molecular complexity index is 317. The molecule has 1 rings (SSSR count). The van der Waals surface area contributed by atoms with E-state index in [2.05, 4.69) is 31.2 Å². The number of nitrogens with two attached hydrogens (primary N) is 1. The van der Waals surface area contributed by atoms with Crippen LogP contribution < -0.4 is 5.73 Å². The molecule has 0 aliphatic rings. The third-order valence-corrected chi connectivity index (χ3v) is 1.91. The lowest BCUT2D eigenvalue weighted by atomic mass is 10.1. The van der Waals surface area contributed by atoms with Gasteiger partial charge in [0.2, 0.25) is 0 Å². The molecule has 0 aliphatic carbocycles. The third-order valence-electron chi connectivity index (χ3n) is 1.91. The number of hydrogen-bond donors (Lipinski definition) is 1. The molecule has 1 heteroatoms. The Morgan fingerprint density at radius 1 is 1.23 bits per heavy atom. The number of aryl methyl sites for hydroxylation is 1. The molecule has 0 heterocycles. The summed E-state index contributed by atoms with van der Waals surface area (Å²) in [5, 5.41) is 0. The quantitative estimate of drug-likeness (QED) is 0.684. The van der Waals surface area contributed by atoms with Crippen LogP contribution in [0.4, 0.5) is 0 Å². The second kappa shape index (κ2) is 4.51. The monoisotopic (exact) mass is 173 g/mol. The molecule has 0 bridgehead atoms. The average Bonchev–Trinajstić information content (AvgIpc) is 2.16. The fourth-order valence-electron chi connectivity index (χ4n) is 1.17. The fourth-order valence-corrected chi connectivity index (χ4v) is 1.17. The SMILES string of the molecule is C/C=C\C(=C/N)c1ccc(C)cc1. The van der Waals surface area contributed by atoms with Gasteiger partial charge >= 0.3 is 0 Å². The summed E-state index contributed by atoms with van der Waals surface area (Å²) < 4.78 is 0. The van der Waals surface area contributed by atoms with E-state index < -0.39 is 0 Å². The van der Waals surface area contributed by atoms with Crippen LogP contribution in [0.2, 0.25) is 0 Å². The maximum atomic E-state index is 5.52. The maximum absolute atomic E-state index is 5.52. The van der Waals surface area contributed by atoms with Crippen LogP contribution in [0, 0.1) is 6.92 Å². The first-order valence-corrected chi connectivity index (χ1v) is 4.39. The van der Waals surface area contributed by atoms with E-state index >= 15 is 0 Å². The normalized spacial score (nSPS) is 12.3. The second-order valence-electron chi connectivity index (χ2n) is 2.99. The largest absolute Gasteiger partial charge is 0.404 e. The molecule has 0 unspecified atom stereocenters. The van der Waals surface area contributed by atoms with Crippen LogP contribution in [0.3, 0.4) is 0 Å². The van der Waals surface area contributed by atoms with Gasteiger partial charge in [-0.25, -0.2) is 0 Å². The highest BCUT2D eigenvalue weighted by atomic mass is 14.5. The Balaban J connectivity index is 3.00. The van der Waals surface area contributed by atoms with Crippen molar-refractivity contribution in [2.75, 3.05) is 0 Å². The molecule has 0 amide bonds. The van der Waals surface area contributed by atoms with Gasteiger partial charge in [-0.1, -0.05) is 42.0 Å². The highest BCUT2D eigenvalue weighted by Crippen LogP contribution is 2.15. The van der Waals surface area contributed by atoms with E-state index in [0.717, 1.165) is 11.1 Å². The summed E-state index contributed by atoms with van der Waals surface area (Å²) in [5.74, 6) is 0. The van der Waals surface area contributed by atoms with Gasteiger partial charge in [0, 0.05) is 6.20 Å². The predicted octanol–water partition coefficient (Wildman–Crippen LogP) is 2.87. The zero-order valence-corrected chi connectivity index (χ0v) is 8.12. The van der Waals surface area contributed by atoms with Crippen molar-refractivity contribution < 1.29 is 0 Å². The molecule has 0 saturated carbocycles. The number of benzene rings is 1. The Labute approximate surface area is 79.6 Å². The Morgan fingerprint density at radius 3 is 2.31 bits per heavy atom. The predicted molar refractivity (Wildman–Crippen MR) is 58.2 cm³/mol. The Morgan fingerprint density at radius 2 is 1.85 bits per heavy atom. The van der Waals surface area contributed by atoms with Crippen molar-refractivity contribution in [2.45, 2.75) is 13.8 Å². The van der Waals surface area contributed by atoms with Crippen molar-refractivity contribution in [2.24, 2.45) is 5.73 Å². The molecule has 2 N–H and O–H groups in total. The number of allylic oxidation sites excluding steroid dienone is 3. The van der Waals surface area contributed by atoms with E-state index in [4.69, 9.17) is 5.73 Å². The molecule has 0 aliphatic heterocycles. The van der Waals surface area contributed by atoms with Crippen LogP contribution in [0.5, 0.6) is 0 Å². The molecule has 0 fully saturated rings. The number of rotatable bonds is 2. The second-order valence-corrected chi connectivity index (χ2v) is 2.99. The van der Waals surface area contributed by atoms with E-state index in [1.165, 1.54) is 5.56 Å². The van der Waals surface area contributed by atoms with Crippen molar-refractivity contribution in [3.05, 3.63) is 53.7 Å². The molecule has 1 nitrogen and oxygen atoms in total. The summed E-state index contributed by atoms with van der Waals surface area (Å²) in [4.78, 5) is 0. The standard InChI is InChI=1S/C12H15N/c1-3-4-12(9-13)11-7-5-10(2)6-8-11/h3-9H,13H2,1-2H3/b4-3-,12-9+. The lowest BCUT2D eigenvalue weighted by molar-refractivity contribution is 1.45. The molecule has 68 valence electrons. The lowest BCUT2D eigenvalue weighted by Gasteiger charge is -2.01. The van der Waals surface area contributed by atoms with Gasteiger partial charge in [0.05, 0.1) is 0 Å². The molecule has 0 spiro atoms. The summed E-state index contributed by atoms with van der Waals surface area (Å²) in [6, 6.07) is 8.33. The molecule has 0 saturated heterocycles. The molecule has 1 aromatic carbocycles. The minimum absolute atomic E-state index is 1.06. The molecule has 0 radical (unpaired) electrons. The molecule has 13 heavy (non-hydrogen) atoms. The molecule has 1 aromatic rings. The van der Waals surface area contributed by atoms with E-state index in [-0.39, 0.29) is 0 Å². The lowest BCUT2D eigenvalue weighted by Crippen LogP contribution is -1.86. The van der Waals surface area contributed by atoms with Gasteiger partial charge in [0.25, 0.3) is 0 Å². The van der Waals surface area contributed by atoms with Gasteiger partial charge < -0.3 is 5.73 Å². The fraction of sp³-hybridized carbons (Fsp3) is 0.167. The first kappa shape index (κ1) is 9.59. The maximum Gasteiger partial charge on any atom is 0.00174 e. The van der Waals surface area contributed by atoms with Gasteiger partial charge in [0.1, 0.15) is 0 Å². The zero-order chi connectivity index (χ0) is 9.68. The van der Waals surface area contributed by atoms with Crippen LogP contribution in [0.25, 0.3) is 5.57 Å². The van der Waals surface area contributed by atoms with Gasteiger partial charge in [0.15, 0.2) is 0 Å².